The summed E-state index contributed by atoms with van der Waals surface area (Å²) in [5.74, 6) is -0.541. The number of hydrogen-bond acceptors (Lipinski definition) is 11. The summed E-state index contributed by atoms with van der Waals surface area (Å²) in [6, 6.07) is 20.7. The lowest BCUT2D eigenvalue weighted by atomic mass is 9.49. The molecule has 15 heteroatoms. The molecule has 1 aliphatic carbocycles. The van der Waals surface area contributed by atoms with E-state index in [0.717, 1.165) is 40.2 Å². The van der Waals surface area contributed by atoms with Crippen LogP contribution in [0.25, 0.3) is 10.4 Å². The van der Waals surface area contributed by atoms with Crippen molar-refractivity contribution in [3.63, 3.8) is 0 Å². The Morgan fingerprint density at radius 1 is 1.01 bits per heavy atom. The number of rotatable bonds is 20. The third-order valence-corrected chi connectivity index (χ3v) is 14.3. The summed E-state index contributed by atoms with van der Waals surface area (Å²) in [4.78, 5) is 61.1. The van der Waals surface area contributed by atoms with E-state index >= 15 is 0 Å². The number of unbranched alkanes of at least 4 members (excludes halogenated alkanes) is 1. The van der Waals surface area contributed by atoms with Crippen molar-refractivity contribution in [2.24, 2.45) is 16.2 Å². The first kappa shape index (κ1) is 51.1. The Morgan fingerprint density at radius 2 is 1.72 bits per heavy atom. The smallest absolute Gasteiger partial charge is 0.251 e. The SMILES string of the molecule is CCc1ncsc1-c1ccc(CCC(=O)[C@@H]2C[C@@H](O)CN2C(=O)[C@@H](NC(=O)COCCCCNc2ccc(C(=O)NC3C(C)(C)C(Oc4ccc(C#N)c(Cl)c4)C3(C)C)cc2)C(C)(C)C)cc1. The van der Waals surface area contributed by atoms with Crippen LogP contribution < -0.4 is 20.7 Å². The van der Waals surface area contributed by atoms with Gasteiger partial charge in [-0.3, -0.25) is 19.2 Å². The molecule has 0 radical (unpaired) electrons. The number of nitrogens with one attached hydrogen (secondary N) is 3. The maximum absolute atomic E-state index is 14.0. The Kier molecular flexibility index (Phi) is 16.6. The molecule has 2 fully saturated rings. The van der Waals surface area contributed by atoms with Crippen LogP contribution in [0.4, 0.5) is 5.69 Å². The number of aliphatic hydroxyl groups is 1. The van der Waals surface area contributed by atoms with Crippen LogP contribution in [0, 0.1) is 27.6 Å². The Balaban J connectivity index is 0.897. The molecule has 3 atom stereocenters. The largest absolute Gasteiger partial charge is 0.489 e. The van der Waals surface area contributed by atoms with Gasteiger partial charge >= 0.3 is 0 Å². The summed E-state index contributed by atoms with van der Waals surface area (Å²) in [7, 11) is 0. The number of hydrogen-bond donors (Lipinski definition) is 4. The summed E-state index contributed by atoms with van der Waals surface area (Å²) in [6.07, 6.45) is 2.16. The van der Waals surface area contributed by atoms with Crippen molar-refractivity contribution in [1.29, 1.82) is 5.26 Å². The lowest BCUT2D eigenvalue weighted by Gasteiger charge is -2.63. The number of ether oxygens (including phenoxy) is 2. The molecule has 0 bridgehead atoms. The van der Waals surface area contributed by atoms with Gasteiger partial charge in [0.2, 0.25) is 11.8 Å². The van der Waals surface area contributed by atoms with Gasteiger partial charge in [-0.2, -0.15) is 5.26 Å². The van der Waals surface area contributed by atoms with Crippen molar-refractivity contribution in [2.75, 3.05) is 31.6 Å². The van der Waals surface area contributed by atoms with Gasteiger partial charge in [0, 0.05) is 66.7 Å². The predicted molar refractivity (Wildman–Crippen MR) is 262 cm³/mol. The zero-order valence-electron chi connectivity index (χ0n) is 39.9. The van der Waals surface area contributed by atoms with Crippen LogP contribution in [0.2, 0.25) is 5.02 Å². The molecule has 0 unspecified atom stereocenters. The number of aromatic nitrogens is 1. The molecule has 2 aliphatic rings. The zero-order chi connectivity index (χ0) is 48.7. The minimum atomic E-state index is -0.927. The van der Waals surface area contributed by atoms with E-state index in [1.54, 1.807) is 41.7 Å². The molecule has 1 saturated carbocycles. The molecule has 358 valence electrons. The van der Waals surface area contributed by atoms with Gasteiger partial charge in [0.1, 0.15) is 30.6 Å². The molecule has 1 saturated heterocycles. The number of likely N-dealkylation sites (tertiary alicyclic amines) is 1. The van der Waals surface area contributed by atoms with Crippen LogP contribution in [0.3, 0.4) is 0 Å². The van der Waals surface area contributed by atoms with Crippen molar-refractivity contribution in [3.05, 3.63) is 99.6 Å². The topological polar surface area (TPSA) is 183 Å². The maximum Gasteiger partial charge on any atom is 0.251 e. The fourth-order valence-electron chi connectivity index (χ4n) is 9.67. The number of ketones is 1. The van der Waals surface area contributed by atoms with E-state index < -0.39 is 35.4 Å². The highest BCUT2D eigenvalue weighted by Gasteiger charge is 2.64. The van der Waals surface area contributed by atoms with Crippen molar-refractivity contribution >= 4 is 52.1 Å². The quantitative estimate of drug-likeness (QED) is 0.0628. The first-order valence-corrected chi connectivity index (χ1v) is 24.4. The lowest BCUT2D eigenvalue weighted by molar-refractivity contribution is -0.164. The van der Waals surface area contributed by atoms with Gasteiger partial charge in [-0.1, -0.05) is 91.3 Å². The summed E-state index contributed by atoms with van der Waals surface area (Å²) in [5, 5.41) is 29.6. The number of Topliss-reactive ketones (excluding diaryl/α,β-unsaturated/α-hetero) is 1. The summed E-state index contributed by atoms with van der Waals surface area (Å²) < 4.78 is 12.0. The van der Waals surface area contributed by atoms with Crippen LogP contribution in [-0.4, -0.2) is 95.1 Å². The molecular formula is C52H65ClN6O7S. The van der Waals surface area contributed by atoms with Gasteiger partial charge in [-0.05, 0) is 78.6 Å². The molecule has 1 aromatic heterocycles. The molecule has 6 rings (SSSR count). The van der Waals surface area contributed by atoms with Crippen molar-refractivity contribution in [3.8, 4) is 22.3 Å². The fourth-order valence-corrected chi connectivity index (χ4v) is 10.8. The highest BCUT2D eigenvalue weighted by molar-refractivity contribution is 7.13. The number of aliphatic hydroxyl groups excluding tert-OH is 1. The minimum Gasteiger partial charge on any atom is -0.489 e. The summed E-state index contributed by atoms with van der Waals surface area (Å²) >= 11 is 7.85. The van der Waals surface area contributed by atoms with Gasteiger partial charge in [0.05, 0.1) is 38.8 Å². The number of carbonyl (C=O) groups excluding carboxylic acids is 4. The number of nitrogens with zero attached hydrogens (tertiary/aromatic N) is 3. The van der Waals surface area contributed by atoms with Gasteiger partial charge in [0.25, 0.3) is 5.91 Å². The third-order valence-electron chi connectivity index (χ3n) is 13.1. The van der Waals surface area contributed by atoms with Crippen LogP contribution in [0.15, 0.2) is 72.2 Å². The number of carbonyl (C=O) groups is 4. The van der Waals surface area contributed by atoms with Crippen LogP contribution >= 0.6 is 22.9 Å². The second-order valence-electron chi connectivity index (χ2n) is 20.0. The minimum absolute atomic E-state index is 0.0273. The second kappa shape index (κ2) is 21.7. The molecule has 4 aromatic rings. The number of thiazole rings is 1. The molecule has 3 amide bonds. The molecule has 67 heavy (non-hydrogen) atoms. The number of β-amino-alcohol motifs (C(OH)–C–C–N with tert-alkyl or cyclic N) is 1. The predicted octanol–water partition coefficient (Wildman–Crippen LogP) is 8.41. The van der Waals surface area contributed by atoms with Crippen LogP contribution in [0.5, 0.6) is 5.75 Å². The molecule has 4 N–H and O–H groups in total. The van der Waals surface area contributed by atoms with Gasteiger partial charge in [-0.15, -0.1) is 11.3 Å². The van der Waals surface area contributed by atoms with Gasteiger partial charge in [-0.25, -0.2) is 4.98 Å². The normalized spacial score (nSPS) is 20.0. The van der Waals surface area contributed by atoms with E-state index in [1.165, 1.54) is 4.90 Å². The van der Waals surface area contributed by atoms with E-state index in [2.05, 4.69) is 73.8 Å². The van der Waals surface area contributed by atoms with Gasteiger partial charge in [0.15, 0.2) is 5.78 Å². The Morgan fingerprint density at radius 3 is 2.36 bits per heavy atom. The number of aryl methyl sites for hydroxylation is 2. The van der Waals surface area contributed by atoms with Gasteiger partial charge < -0.3 is 35.4 Å². The number of nitriles is 1. The molecule has 13 nitrogen and oxygen atoms in total. The molecule has 1 aliphatic heterocycles. The van der Waals surface area contributed by atoms with Crippen LogP contribution in [0.1, 0.15) is 108 Å². The number of benzene rings is 3. The number of amides is 3. The highest BCUT2D eigenvalue weighted by Crippen LogP contribution is 2.55. The van der Waals surface area contributed by atoms with E-state index in [4.69, 9.17) is 21.1 Å². The average molecular weight is 954 g/mol. The highest BCUT2D eigenvalue weighted by atomic mass is 35.5. The number of anilines is 1. The number of halogens is 1. The van der Waals surface area contributed by atoms with E-state index in [9.17, 15) is 29.5 Å². The van der Waals surface area contributed by atoms with E-state index in [1.807, 2.05) is 50.5 Å². The second-order valence-corrected chi connectivity index (χ2v) is 21.2. The summed E-state index contributed by atoms with van der Waals surface area (Å²) in [5.41, 5.74) is 5.38. The Bertz CT molecular complexity index is 2410. The van der Waals surface area contributed by atoms with Crippen molar-refractivity contribution < 1.29 is 33.8 Å². The average Bonchev–Trinajstić information content (AvgIpc) is 3.94. The molecule has 2 heterocycles. The van der Waals surface area contributed by atoms with Crippen molar-refractivity contribution in [1.82, 2.24) is 20.5 Å². The standard InChI is InChI=1S/C52H65ClN6O7S/c1-9-40-44(67-31-56-40)33-15-12-32(13-16-33)14-23-42(61)41-26-37(60)29-59(41)47(64)45(50(2,3)4)57-43(62)30-65-25-11-10-24-55-36-20-17-34(18-21-36)46(63)58-48-51(5,6)49(52(48,7)8)66-38-22-19-35(28-54)39(53)27-38/h12-13,15-22,27,31,37,41,45,48-49,55,60H,9-11,14,23-26,29-30H2,1-8H3,(H,57,62)(H,58,63)/t37-,41+,45-,48?,49?/m1/s1. The monoisotopic (exact) mass is 952 g/mol. The molecular weight excluding hydrogens is 888 g/mol. The van der Waals surface area contributed by atoms with E-state index in [-0.39, 0.29) is 60.7 Å². The third kappa shape index (κ3) is 12.2. The fraction of sp³-hybridized carbons (Fsp3) is 0.500. The molecule has 3 aromatic carbocycles. The Labute approximate surface area is 404 Å². The van der Waals surface area contributed by atoms with Crippen LogP contribution in [-0.2, 0) is 32.0 Å². The molecule has 0 spiro atoms. The first-order valence-electron chi connectivity index (χ1n) is 23.2. The van der Waals surface area contributed by atoms with E-state index in [0.29, 0.717) is 47.9 Å². The zero-order valence-corrected chi connectivity index (χ0v) is 41.5. The first-order chi connectivity index (χ1) is 31.7. The maximum atomic E-state index is 14.0. The summed E-state index contributed by atoms with van der Waals surface area (Å²) in [6.45, 7) is 16.7. The van der Waals surface area contributed by atoms with Crippen molar-refractivity contribution in [2.45, 2.75) is 124 Å². The lowest BCUT2D eigenvalue weighted by Crippen LogP contribution is -2.74. The Hall–Kier alpha value is -5.33.